The van der Waals surface area contributed by atoms with Crippen LogP contribution in [0, 0.1) is 0 Å². The first-order valence-corrected chi connectivity index (χ1v) is 12.2. The highest BCUT2D eigenvalue weighted by atomic mass is 16.5. The molecule has 0 spiro atoms. The third kappa shape index (κ3) is 5.20. The Bertz CT molecular complexity index is 1380. The number of aryl methyl sites for hydroxylation is 1. The zero-order valence-electron chi connectivity index (χ0n) is 20.3. The van der Waals surface area contributed by atoms with E-state index in [1.165, 1.54) is 5.56 Å². The van der Waals surface area contributed by atoms with Crippen LogP contribution in [0.25, 0.3) is 10.9 Å². The largest absolute Gasteiger partial charge is 0.494 e. The SMILES string of the molecule is CCc1ccc(OCCCN2C(=O)COc3ccc(NC(=O)Cc4c[nH]c5ccccc45)cc32)cc1. The van der Waals surface area contributed by atoms with Gasteiger partial charge in [0.25, 0.3) is 5.91 Å². The minimum Gasteiger partial charge on any atom is -0.494 e. The molecule has 0 saturated carbocycles. The lowest BCUT2D eigenvalue weighted by atomic mass is 10.1. The number of rotatable bonds is 9. The maximum atomic E-state index is 12.8. The summed E-state index contributed by atoms with van der Waals surface area (Å²) in [5.74, 6) is 1.20. The predicted octanol–water partition coefficient (Wildman–Crippen LogP) is 5.11. The van der Waals surface area contributed by atoms with E-state index in [2.05, 4.69) is 29.4 Å². The molecule has 7 nitrogen and oxygen atoms in total. The summed E-state index contributed by atoms with van der Waals surface area (Å²) < 4.78 is 11.5. The molecule has 0 unspecified atom stereocenters. The Kier molecular flexibility index (Phi) is 6.89. The lowest BCUT2D eigenvalue weighted by molar-refractivity contribution is -0.121. The number of fused-ring (bicyclic) bond motifs is 2. The summed E-state index contributed by atoms with van der Waals surface area (Å²) >= 11 is 0. The van der Waals surface area contributed by atoms with Crippen LogP contribution < -0.4 is 19.7 Å². The Morgan fingerprint density at radius 2 is 1.94 bits per heavy atom. The van der Waals surface area contributed by atoms with Gasteiger partial charge < -0.3 is 24.7 Å². The van der Waals surface area contributed by atoms with Crippen molar-refractivity contribution in [1.29, 1.82) is 0 Å². The third-order valence-electron chi connectivity index (χ3n) is 6.34. The van der Waals surface area contributed by atoms with E-state index in [9.17, 15) is 9.59 Å². The van der Waals surface area contributed by atoms with E-state index in [4.69, 9.17) is 9.47 Å². The Hall–Kier alpha value is -4.26. The fraction of sp³-hybridized carbons (Fsp3) is 0.241. The van der Waals surface area contributed by atoms with Gasteiger partial charge in [0.15, 0.2) is 6.61 Å². The van der Waals surface area contributed by atoms with Crippen LogP contribution in [0.2, 0.25) is 0 Å². The number of hydrogen-bond donors (Lipinski definition) is 2. The molecule has 0 atom stereocenters. The number of H-pyrrole nitrogens is 1. The smallest absolute Gasteiger partial charge is 0.265 e. The van der Waals surface area contributed by atoms with Crippen molar-refractivity contribution in [1.82, 2.24) is 4.98 Å². The van der Waals surface area contributed by atoms with Crippen molar-refractivity contribution >= 4 is 34.1 Å². The van der Waals surface area contributed by atoms with E-state index in [1.54, 1.807) is 23.1 Å². The van der Waals surface area contributed by atoms with Gasteiger partial charge in [0.05, 0.1) is 18.7 Å². The van der Waals surface area contributed by atoms with Crippen LogP contribution in [0.5, 0.6) is 11.5 Å². The number of carbonyl (C=O) groups is 2. The molecule has 2 amide bonds. The van der Waals surface area contributed by atoms with E-state index in [0.717, 1.165) is 28.6 Å². The van der Waals surface area contributed by atoms with Crippen LogP contribution in [0.4, 0.5) is 11.4 Å². The molecule has 1 aromatic heterocycles. The molecule has 3 aromatic carbocycles. The standard InChI is InChI=1S/C29H29N3O4/c1-2-20-8-11-23(12-9-20)35-15-5-14-32-26-17-22(10-13-27(26)36-19-29(32)34)31-28(33)16-21-18-30-25-7-4-3-6-24(21)25/h3-4,6-13,17-18,30H,2,5,14-16,19H2,1H3,(H,31,33). The second-order valence-electron chi connectivity index (χ2n) is 8.80. The molecule has 5 rings (SSSR count). The number of para-hydroxylation sites is 1. The van der Waals surface area contributed by atoms with Crippen LogP contribution in [0.15, 0.2) is 72.9 Å². The molecule has 7 heteroatoms. The average molecular weight is 484 g/mol. The zero-order valence-corrected chi connectivity index (χ0v) is 20.3. The van der Waals surface area contributed by atoms with Crippen molar-refractivity contribution in [2.75, 3.05) is 30.0 Å². The number of aromatic amines is 1. The van der Waals surface area contributed by atoms with E-state index >= 15 is 0 Å². The number of ether oxygens (including phenoxy) is 2. The molecular weight excluding hydrogens is 454 g/mol. The molecule has 0 bridgehead atoms. The second kappa shape index (κ2) is 10.6. The van der Waals surface area contributed by atoms with Crippen molar-refractivity contribution in [2.45, 2.75) is 26.2 Å². The molecule has 2 N–H and O–H groups in total. The average Bonchev–Trinajstić information content (AvgIpc) is 3.30. The van der Waals surface area contributed by atoms with Gasteiger partial charge in [0, 0.05) is 29.3 Å². The first-order chi connectivity index (χ1) is 17.6. The fourth-order valence-electron chi connectivity index (χ4n) is 4.42. The third-order valence-corrected chi connectivity index (χ3v) is 6.34. The predicted molar refractivity (Wildman–Crippen MR) is 141 cm³/mol. The number of benzene rings is 3. The highest BCUT2D eigenvalue weighted by molar-refractivity contribution is 6.00. The van der Waals surface area contributed by atoms with Gasteiger partial charge in [0.2, 0.25) is 5.91 Å². The first-order valence-electron chi connectivity index (χ1n) is 12.2. The number of anilines is 2. The molecule has 2 heterocycles. The molecule has 0 fully saturated rings. The Balaban J connectivity index is 1.21. The minimum atomic E-state index is -0.128. The molecule has 0 saturated heterocycles. The van der Waals surface area contributed by atoms with Crippen molar-refractivity contribution in [3.05, 3.63) is 84.1 Å². The Labute approximate surface area is 210 Å². The van der Waals surface area contributed by atoms with Crippen LogP contribution in [-0.4, -0.2) is 36.6 Å². The molecular formula is C29H29N3O4. The minimum absolute atomic E-state index is 0.00138. The molecule has 1 aliphatic rings. The second-order valence-corrected chi connectivity index (χ2v) is 8.80. The number of hydrogen-bond acceptors (Lipinski definition) is 4. The molecule has 36 heavy (non-hydrogen) atoms. The quantitative estimate of drug-likeness (QED) is 0.324. The normalized spacial score (nSPS) is 12.8. The van der Waals surface area contributed by atoms with Gasteiger partial charge in [-0.3, -0.25) is 9.59 Å². The van der Waals surface area contributed by atoms with Gasteiger partial charge in [0.1, 0.15) is 11.5 Å². The highest BCUT2D eigenvalue weighted by Crippen LogP contribution is 2.35. The summed E-state index contributed by atoms with van der Waals surface area (Å²) in [5.41, 5.74) is 4.48. The van der Waals surface area contributed by atoms with Crippen LogP contribution >= 0.6 is 0 Å². The summed E-state index contributed by atoms with van der Waals surface area (Å²) in [4.78, 5) is 30.3. The number of carbonyl (C=O) groups excluding carboxylic acids is 2. The zero-order chi connectivity index (χ0) is 24.9. The number of aromatic nitrogens is 1. The first kappa shape index (κ1) is 23.5. The Morgan fingerprint density at radius 3 is 2.78 bits per heavy atom. The Morgan fingerprint density at radius 1 is 1.11 bits per heavy atom. The number of nitrogens with one attached hydrogen (secondary N) is 2. The lowest BCUT2D eigenvalue weighted by Gasteiger charge is -2.30. The summed E-state index contributed by atoms with van der Waals surface area (Å²) in [6.07, 6.45) is 3.77. The summed E-state index contributed by atoms with van der Waals surface area (Å²) in [6, 6.07) is 21.3. The lowest BCUT2D eigenvalue weighted by Crippen LogP contribution is -2.39. The van der Waals surface area contributed by atoms with Gasteiger partial charge in [-0.25, -0.2) is 0 Å². The molecule has 0 aliphatic carbocycles. The summed E-state index contributed by atoms with van der Waals surface area (Å²) in [5, 5.41) is 3.99. The molecule has 184 valence electrons. The van der Waals surface area contributed by atoms with Gasteiger partial charge in [-0.15, -0.1) is 0 Å². The van der Waals surface area contributed by atoms with Crippen LogP contribution in [0.3, 0.4) is 0 Å². The van der Waals surface area contributed by atoms with Gasteiger partial charge >= 0.3 is 0 Å². The van der Waals surface area contributed by atoms with Crippen molar-refractivity contribution in [3.63, 3.8) is 0 Å². The summed E-state index contributed by atoms with van der Waals surface area (Å²) in [6.45, 7) is 3.10. The van der Waals surface area contributed by atoms with Gasteiger partial charge in [-0.05, 0) is 60.4 Å². The maximum Gasteiger partial charge on any atom is 0.265 e. The van der Waals surface area contributed by atoms with E-state index in [0.29, 0.717) is 36.7 Å². The fourth-order valence-corrected chi connectivity index (χ4v) is 4.42. The number of amides is 2. The van der Waals surface area contributed by atoms with E-state index in [1.807, 2.05) is 42.6 Å². The van der Waals surface area contributed by atoms with Crippen LogP contribution in [-0.2, 0) is 22.4 Å². The summed E-state index contributed by atoms with van der Waals surface area (Å²) in [7, 11) is 0. The topological polar surface area (TPSA) is 83.7 Å². The molecule has 1 aliphatic heterocycles. The van der Waals surface area contributed by atoms with Crippen LogP contribution in [0.1, 0.15) is 24.5 Å². The number of nitrogens with zero attached hydrogens (tertiary/aromatic N) is 1. The monoisotopic (exact) mass is 483 g/mol. The van der Waals surface area contributed by atoms with E-state index < -0.39 is 0 Å². The van der Waals surface area contributed by atoms with E-state index in [-0.39, 0.29) is 24.8 Å². The van der Waals surface area contributed by atoms with Crippen molar-refractivity contribution in [2.24, 2.45) is 0 Å². The van der Waals surface area contributed by atoms with Crippen molar-refractivity contribution < 1.29 is 19.1 Å². The molecule has 4 aromatic rings. The van der Waals surface area contributed by atoms with Gasteiger partial charge in [-0.2, -0.15) is 0 Å². The highest BCUT2D eigenvalue weighted by Gasteiger charge is 2.25. The molecule has 0 radical (unpaired) electrons. The van der Waals surface area contributed by atoms with Crippen molar-refractivity contribution in [3.8, 4) is 11.5 Å². The van der Waals surface area contributed by atoms with Gasteiger partial charge in [-0.1, -0.05) is 37.3 Å². The maximum absolute atomic E-state index is 12.8.